The summed E-state index contributed by atoms with van der Waals surface area (Å²) in [7, 11) is 0. The second-order valence-corrected chi connectivity index (χ2v) is 10.2. The number of aromatic nitrogens is 1. The monoisotopic (exact) mass is 513 g/mol. The highest BCUT2D eigenvalue weighted by molar-refractivity contribution is 6.25. The molecule has 190 valence electrons. The first-order valence-corrected chi connectivity index (χ1v) is 12.9. The van der Waals surface area contributed by atoms with Gasteiger partial charge >= 0.3 is 6.03 Å². The first kappa shape index (κ1) is 23.1. The Kier molecular flexibility index (Phi) is 5.20. The van der Waals surface area contributed by atoms with Crippen LogP contribution in [0, 0.1) is 11.3 Å². The van der Waals surface area contributed by atoms with Gasteiger partial charge in [0.25, 0.3) is 5.91 Å². The molecule has 4 amide bonds. The molecule has 3 aromatic carbocycles. The van der Waals surface area contributed by atoms with Crippen molar-refractivity contribution in [3.05, 3.63) is 108 Å². The summed E-state index contributed by atoms with van der Waals surface area (Å²) < 4.78 is 0. The van der Waals surface area contributed by atoms with Crippen molar-refractivity contribution in [3.63, 3.8) is 0 Å². The molecular formula is C31H23N5O3. The number of anilines is 1. The molecule has 8 heteroatoms. The summed E-state index contributed by atoms with van der Waals surface area (Å²) in [6.07, 6.45) is 1.99. The van der Waals surface area contributed by atoms with Crippen molar-refractivity contribution in [1.82, 2.24) is 14.8 Å². The molecule has 4 heterocycles. The van der Waals surface area contributed by atoms with E-state index < -0.39 is 24.0 Å². The molecule has 0 N–H and O–H groups in total. The Morgan fingerprint density at radius 1 is 0.897 bits per heavy atom. The minimum atomic E-state index is -0.748. The number of benzene rings is 3. The van der Waals surface area contributed by atoms with Crippen LogP contribution in [0.1, 0.15) is 29.2 Å². The summed E-state index contributed by atoms with van der Waals surface area (Å²) in [6.45, 7) is 0.384. The predicted molar refractivity (Wildman–Crippen MR) is 144 cm³/mol. The van der Waals surface area contributed by atoms with E-state index >= 15 is 0 Å². The van der Waals surface area contributed by atoms with Crippen LogP contribution >= 0.6 is 0 Å². The van der Waals surface area contributed by atoms with Gasteiger partial charge in [-0.15, -0.1) is 0 Å². The maximum Gasteiger partial charge on any atom is 0.332 e. The van der Waals surface area contributed by atoms with E-state index in [1.165, 1.54) is 11.1 Å². The number of fused-ring (bicyclic) bond motifs is 6. The molecule has 4 aromatic rings. The summed E-state index contributed by atoms with van der Waals surface area (Å²) in [5.74, 6) is -0.934. The molecule has 3 fully saturated rings. The van der Waals surface area contributed by atoms with Crippen molar-refractivity contribution in [2.45, 2.75) is 30.5 Å². The maximum atomic E-state index is 14.2. The van der Waals surface area contributed by atoms with Crippen LogP contribution in [0.3, 0.4) is 0 Å². The molecule has 0 spiro atoms. The van der Waals surface area contributed by atoms with Gasteiger partial charge in [0, 0.05) is 17.3 Å². The lowest BCUT2D eigenvalue weighted by Gasteiger charge is -2.37. The van der Waals surface area contributed by atoms with Crippen molar-refractivity contribution in [1.29, 1.82) is 5.26 Å². The van der Waals surface area contributed by atoms with Gasteiger partial charge in [0.2, 0.25) is 5.91 Å². The van der Waals surface area contributed by atoms with Gasteiger partial charge in [0.15, 0.2) is 0 Å². The van der Waals surface area contributed by atoms with E-state index in [0.717, 1.165) is 11.1 Å². The van der Waals surface area contributed by atoms with Gasteiger partial charge in [0.05, 0.1) is 29.9 Å². The van der Waals surface area contributed by atoms with Crippen LogP contribution in [0.4, 0.5) is 10.5 Å². The van der Waals surface area contributed by atoms with Gasteiger partial charge < -0.3 is 9.80 Å². The zero-order valence-electron chi connectivity index (χ0n) is 20.8. The molecule has 0 radical (unpaired) electrons. The van der Waals surface area contributed by atoms with Crippen LogP contribution in [0.5, 0.6) is 0 Å². The van der Waals surface area contributed by atoms with Crippen molar-refractivity contribution in [3.8, 4) is 6.07 Å². The molecule has 3 atom stereocenters. The highest BCUT2D eigenvalue weighted by Gasteiger charge is 2.63. The fraction of sp³-hybridized carbons (Fsp3) is 0.194. The Hall–Kier alpha value is -5.03. The van der Waals surface area contributed by atoms with E-state index in [1.54, 1.807) is 34.1 Å². The van der Waals surface area contributed by atoms with Gasteiger partial charge in [-0.05, 0) is 17.5 Å². The first-order valence-electron chi connectivity index (χ1n) is 12.9. The topological polar surface area (TPSA) is 97.6 Å². The number of imide groups is 1. The predicted octanol–water partition coefficient (Wildman–Crippen LogP) is 4.06. The number of amides is 4. The average molecular weight is 514 g/mol. The van der Waals surface area contributed by atoms with Gasteiger partial charge in [-0.1, -0.05) is 84.9 Å². The first-order chi connectivity index (χ1) is 19.1. The van der Waals surface area contributed by atoms with Crippen molar-refractivity contribution >= 4 is 34.3 Å². The molecule has 8 nitrogen and oxygen atoms in total. The maximum absolute atomic E-state index is 14.2. The summed E-state index contributed by atoms with van der Waals surface area (Å²) >= 11 is 0. The van der Waals surface area contributed by atoms with Gasteiger partial charge in [0.1, 0.15) is 17.8 Å². The van der Waals surface area contributed by atoms with E-state index in [9.17, 15) is 19.6 Å². The molecule has 7 rings (SSSR count). The number of hydrogen-bond acceptors (Lipinski definition) is 5. The molecule has 1 aromatic heterocycles. The molecular weight excluding hydrogens is 490 g/mol. The number of carbonyl (C=O) groups excluding carboxylic acids is 3. The number of nitrogens with zero attached hydrogens (tertiary/aromatic N) is 5. The highest BCUT2D eigenvalue weighted by atomic mass is 16.2. The molecule has 3 aliphatic heterocycles. The van der Waals surface area contributed by atoms with Crippen molar-refractivity contribution in [2.24, 2.45) is 0 Å². The minimum Gasteiger partial charge on any atom is -0.334 e. The SMILES string of the molecule is N#Cc1ncc(N2C(=O)[C@@H]3[C@@H]4C[C@@H](CN4C(=O)C(c4ccccc4)c4ccccc4)N3C2=O)c2ccccc12. The van der Waals surface area contributed by atoms with Crippen LogP contribution in [0.25, 0.3) is 10.8 Å². The lowest BCUT2D eigenvalue weighted by molar-refractivity contribution is -0.136. The Bertz CT molecular complexity index is 1640. The normalized spacial score (nSPS) is 21.6. The fourth-order valence-electron chi connectivity index (χ4n) is 6.51. The summed E-state index contributed by atoms with van der Waals surface area (Å²) in [6, 6.07) is 26.7. The third kappa shape index (κ3) is 3.36. The number of rotatable bonds is 4. The van der Waals surface area contributed by atoms with Crippen LogP contribution in [0.15, 0.2) is 91.1 Å². The van der Waals surface area contributed by atoms with Crippen LogP contribution in [-0.4, -0.2) is 57.3 Å². The Labute approximate surface area is 224 Å². The zero-order chi connectivity index (χ0) is 26.7. The summed E-state index contributed by atoms with van der Waals surface area (Å²) in [4.78, 5) is 50.6. The smallest absolute Gasteiger partial charge is 0.332 e. The summed E-state index contributed by atoms with van der Waals surface area (Å²) in [5, 5.41) is 10.7. The van der Waals surface area contributed by atoms with Crippen LogP contribution in [-0.2, 0) is 9.59 Å². The van der Waals surface area contributed by atoms with Gasteiger partial charge in [-0.25, -0.2) is 14.7 Å². The lowest BCUT2D eigenvalue weighted by atomic mass is 9.89. The summed E-state index contributed by atoms with van der Waals surface area (Å²) in [5.41, 5.74) is 2.37. The highest BCUT2D eigenvalue weighted by Crippen LogP contribution is 2.45. The van der Waals surface area contributed by atoms with E-state index in [-0.39, 0.29) is 23.6 Å². The average Bonchev–Trinajstić information content (AvgIpc) is 3.65. The van der Waals surface area contributed by atoms with Crippen LogP contribution in [0.2, 0.25) is 0 Å². The molecule has 0 unspecified atom stereocenters. The van der Waals surface area contributed by atoms with E-state index in [1.807, 2.05) is 60.7 Å². The van der Waals surface area contributed by atoms with E-state index in [0.29, 0.717) is 29.4 Å². The van der Waals surface area contributed by atoms with Crippen molar-refractivity contribution < 1.29 is 14.4 Å². The third-order valence-corrected chi connectivity index (χ3v) is 8.18. The quantitative estimate of drug-likeness (QED) is 0.384. The second-order valence-electron chi connectivity index (χ2n) is 10.2. The number of piperazine rings is 1. The third-order valence-electron chi connectivity index (χ3n) is 8.18. The number of nitriles is 1. The van der Waals surface area contributed by atoms with Gasteiger partial charge in [-0.3, -0.25) is 9.59 Å². The molecule has 3 aliphatic rings. The number of likely N-dealkylation sites (tertiary alicyclic amines) is 1. The number of pyridine rings is 1. The largest absolute Gasteiger partial charge is 0.334 e. The van der Waals surface area contributed by atoms with E-state index in [4.69, 9.17) is 0 Å². The second kappa shape index (κ2) is 8.77. The standard InChI is InChI=1S/C31H23N5O3/c32-16-24-22-13-7-8-14-23(22)26(17-33-24)36-30(38)28-25-15-21(35(28)31(36)39)18-34(25)29(37)27(19-9-3-1-4-10-19)20-11-5-2-6-12-20/h1-14,17,21,25,27-28H,15,18H2/t21-,25-,28-/m0/s1. The Morgan fingerprint density at radius 2 is 1.51 bits per heavy atom. The Balaban J connectivity index is 1.24. The van der Waals surface area contributed by atoms with Crippen LogP contribution < -0.4 is 4.90 Å². The molecule has 0 aliphatic carbocycles. The van der Waals surface area contributed by atoms with Crippen molar-refractivity contribution in [2.75, 3.05) is 11.4 Å². The molecule has 0 saturated carbocycles. The molecule has 2 bridgehead atoms. The number of carbonyl (C=O) groups is 3. The number of urea groups is 1. The Morgan fingerprint density at radius 3 is 2.15 bits per heavy atom. The van der Waals surface area contributed by atoms with Gasteiger partial charge in [-0.2, -0.15) is 5.26 Å². The minimum absolute atomic E-state index is 0.0660. The molecule has 39 heavy (non-hydrogen) atoms. The molecule has 3 saturated heterocycles. The number of hydrogen-bond donors (Lipinski definition) is 0. The zero-order valence-corrected chi connectivity index (χ0v) is 20.8. The fourth-order valence-corrected chi connectivity index (χ4v) is 6.51. The van der Waals surface area contributed by atoms with E-state index in [2.05, 4.69) is 11.1 Å². The lowest BCUT2D eigenvalue weighted by Crippen LogP contribution is -2.55.